The molecule has 1 N–H and O–H groups in total. The summed E-state index contributed by atoms with van der Waals surface area (Å²) >= 11 is 0. The molecule has 2 amide bonds. The van der Waals surface area contributed by atoms with Crippen molar-refractivity contribution in [1.29, 1.82) is 0 Å². The first-order valence-electron chi connectivity index (χ1n) is 10.3. The van der Waals surface area contributed by atoms with Gasteiger partial charge in [0.2, 0.25) is 5.91 Å². The molecule has 0 aromatic heterocycles. The number of hydrogen-bond donors (Lipinski definition) is 1. The molecule has 0 radical (unpaired) electrons. The molecule has 32 heavy (non-hydrogen) atoms. The Morgan fingerprint density at radius 2 is 1.72 bits per heavy atom. The van der Waals surface area contributed by atoms with Crippen LogP contribution in [0.3, 0.4) is 0 Å². The molecule has 3 rings (SSSR count). The van der Waals surface area contributed by atoms with Crippen LogP contribution in [0.15, 0.2) is 42.5 Å². The number of anilines is 1. The summed E-state index contributed by atoms with van der Waals surface area (Å²) in [6, 6.07) is 10.2. The van der Waals surface area contributed by atoms with Crippen LogP contribution < -0.4 is 10.1 Å². The van der Waals surface area contributed by atoms with Gasteiger partial charge in [-0.3, -0.25) is 14.5 Å². The van der Waals surface area contributed by atoms with Gasteiger partial charge in [-0.15, -0.1) is 0 Å². The topological polar surface area (TPSA) is 61.9 Å². The average molecular weight is 449 g/mol. The highest BCUT2D eigenvalue weighted by Gasteiger charge is 2.30. The van der Waals surface area contributed by atoms with E-state index in [1.807, 2.05) is 36.9 Å². The van der Waals surface area contributed by atoms with Gasteiger partial charge in [-0.2, -0.15) is 13.2 Å². The molecule has 0 bridgehead atoms. The van der Waals surface area contributed by atoms with Crippen LogP contribution in [0.2, 0.25) is 0 Å². The van der Waals surface area contributed by atoms with E-state index in [2.05, 4.69) is 5.32 Å². The van der Waals surface area contributed by atoms with Crippen molar-refractivity contribution in [3.05, 3.63) is 59.2 Å². The van der Waals surface area contributed by atoms with Gasteiger partial charge in [-0.1, -0.05) is 18.2 Å². The molecule has 6 nitrogen and oxygen atoms in total. The van der Waals surface area contributed by atoms with Crippen molar-refractivity contribution in [3.63, 3.8) is 0 Å². The highest BCUT2D eigenvalue weighted by atomic mass is 19.4. The van der Waals surface area contributed by atoms with Gasteiger partial charge in [0.15, 0.2) is 6.61 Å². The maximum Gasteiger partial charge on any atom is 0.416 e. The van der Waals surface area contributed by atoms with E-state index in [-0.39, 0.29) is 30.7 Å². The van der Waals surface area contributed by atoms with Crippen LogP contribution in [-0.4, -0.2) is 60.9 Å². The highest BCUT2D eigenvalue weighted by Crippen LogP contribution is 2.31. The number of carbonyl (C=O) groups is 2. The van der Waals surface area contributed by atoms with E-state index < -0.39 is 11.7 Å². The van der Waals surface area contributed by atoms with Crippen molar-refractivity contribution in [2.45, 2.75) is 20.0 Å². The minimum Gasteiger partial charge on any atom is -0.484 e. The lowest BCUT2D eigenvalue weighted by Gasteiger charge is -2.34. The number of hydrogen-bond acceptors (Lipinski definition) is 4. The van der Waals surface area contributed by atoms with Gasteiger partial charge in [-0.25, -0.2) is 0 Å². The lowest BCUT2D eigenvalue weighted by molar-refractivity contribution is -0.137. The fourth-order valence-corrected chi connectivity index (χ4v) is 3.43. The number of carbonyl (C=O) groups excluding carboxylic acids is 2. The molecule has 1 fully saturated rings. The van der Waals surface area contributed by atoms with E-state index >= 15 is 0 Å². The molecule has 0 aliphatic carbocycles. The molecular weight excluding hydrogens is 423 g/mol. The monoisotopic (exact) mass is 449 g/mol. The highest BCUT2D eigenvalue weighted by molar-refractivity contribution is 5.93. The van der Waals surface area contributed by atoms with E-state index in [4.69, 9.17) is 4.74 Å². The maximum absolute atomic E-state index is 12.8. The third-order valence-electron chi connectivity index (χ3n) is 5.49. The molecule has 172 valence electrons. The average Bonchev–Trinajstić information content (AvgIpc) is 2.75. The second-order valence-corrected chi connectivity index (χ2v) is 7.77. The number of amides is 2. The van der Waals surface area contributed by atoms with Gasteiger partial charge in [0.05, 0.1) is 12.1 Å². The predicted molar refractivity (Wildman–Crippen MR) is 115 cm³/mol. The normalized spacial score (nSPS) is 14.8. The fourth-order valence-electron chi connectivity index (χ4n) is 3.43. The zero-order valence-electron chi connectivity index (χ0n) is 18.0. The third-order valence-corrected chi connectivity index (χ3v) is 5.49. The summed E-state index contributed by atoms with van der Waals surface area (Å²) in [6.07, 6.45) is -4.47. The van der Waals surface area contributed by atoms with E-state index in [0.717, 1.165) is 28.9 Å². The van der Waals surface area contributed by atoms with E-state index in [1.54, 1.807) is 4.90 Å². The first kappa shape index (κ1) is 23.6. The number of nitrogens with zero attached hydrogens (tertiary/aromatic N) is 2. The van der Waals surface area contributed by atoms with Gasteiger partial charge in [0.25, 0.3) is 5.91 Å². The van der Waals surface area contributed by atoms with Gasteiger partial charge in [0, 0.05) is 31.9 Å². The zero-order chi connectivity index (χ0) is 23.3. The van der Waals surface area contributed by atoms with Crippen molar-refractivity contribution in [1.82, 2.24) is 9.80 Å². The molecule has 9 heteroatoms. The Bertz CT molecular complexity index is 970. The van der Waals surface area contributed by atoms with Gasteiger partial charge >= 0.3 is 6.18 Å². The van der Waals surface area contributed by atoms with Crippen LogP contribution in [0.25, 0.3) is 0 Å². The van der Waals surface area contributed by atoms with Crippen LogP contribution in [0.4, 0.5) is 18.9 Å². The molecule has 0 atom stereocenters. The summed E-state index contributed by atoms with van der Waals surface area (Å²) in [7, 11) is 0. The summed E-state index contributed by atoms with van der Waals surface area (Å²) in [6.45, 7) is 5.70. The molecule has 1 heterocycles. The largest absolute Gasteiger partial charge is 0.484 e. The standard InChI is InChI=1S/C23H26F3N3O3/c1-16-5-3-8-20(17(16)2)27-21(30)14-28-9-11-29(12-10-28)22(31)15-32-19-7-4-6-18(13-19)23(24,25)26/h3-8,13H,9-12,14-15H2,1-2H3,(H,27,30). The number of nitrogens with one attached hydrogen (secondary N) is 1. The van der Waals surface area contributed by atoms with Crippen LogP contribution in [0.5, 0.6) is 5.75 Å². The molecule has 1 aliphatic rings. The Balaban J connectivity index is 1.43. The van der Waals surface area contributed by atoms with Gasteiger partial charge < -0.3 is 15.0 Å². The van der Waals surface area contributed by atoms with Crippen molar-refractivity contribution in [2.75, 3.05) is 44.6 Å². The van der Waals surface area contributed by atoms with Crippen LogP contribution in [-0.2, 0) is 15.8 Å². The summed E-state index contributed by atoms with van der Waals surface area (Å²) in [4.78, 5) is 28.3. The Labute approximate surface area is 184 Å². The molecule has 0 unspecified atom stereocenters. The second-order valence-electron chi connectivity index (χ2n) is 7.77. The number of alkyl halides is 3. The zero-order valence-corrected chi connectivity index (χ0v) is 18.0. The Hall–Kier alpha value is -3.07. The predicted octanol–water partition coefficient (Wildman–Crippen LogP) is 3.48. The molecule has 1 saturated heterocycles. The lowest BCUT2D eigenvalue weighted by atomic mass is 10.1. The van der Waals surface area contributed by atoms with Gasteiger partial charge in [-0.05, 0) is 49.2 Å². The third kappa shape index (κ3) is 6.23. The first-order valence-corrected chi connectivity index (χ1v) is 10.3. The van der Waals surface area contributed by atoms with E-state index in [9.17, 15) is 22.8 Å². The molecule has 0 saturated carbocycles. The van der Waals surface area contributed by atoms with E-state index in [1.165, 1.54) is 12.1 Å². The molecular formula is C23H26F3N3O3. The van der Waals surface area contributed by atoms with Crippen molar-refractivity contribution < 1.29 is 27.5 Å². The minimum absolute atomic E-state index is 0.00470. The van der Waals surface area contributed by atoms with Gasteiger partial charge in [0.1, 0.15) is 5.75 Å². The number of halogens is 3. The summed E-state index contributed by atoms with van der Waals surface area (Å²) < 4.78 is 43.6. The quantitative estimate of drug-likeness (QED) is 0.734. The number of ether oxygens (including phenoxy) is 1. The molecule has 0 spiro atoms. The van der Waals surface area contributed by atoms with Crippen LogP contribution in [0, 0.1) is 13.8 Å². The second kappa shape index (κ2) is 10.0. The lowest BCUT2D eigenvalue weighted by Crippen LogP contribution is -2.51. The summed E-state index contributed by atoms with van der Waals surface area (Å²) in [5.41, 5.74) is 2.09. The number of rotatable bonds is 6. The molecule has 2 aromatic rings. The van der Waals surface area contributed by atoms with E-state index in [0.29, 0.717) is 26.2 Å². The van der Waals surface area contributed by atoms with Crippen molar-refractivity contribution in [2.24, 2.45) is 0 Å². The molecule has 1 aliphatic heterocycles. The number of aryl methyl sites for hydroxylation is 1. The van der Waals surface area contributed by atoms with Crippen molar-refractivity contribution >= 4 is 17.5 Å². The van der Waals surface area contributed by atoms with Crippen LogP contribution >= 0.6 is 0 Å². The minimum atomic E-state index is -4.47. The Morgan fingerprint density at radius 1 is 1.03 bits per heavy atom. The van der Waals surface area contributed by atoms with Crippen LogP contribution in [0.1, 0.15) is 16.7 Å². The Kier molecular flexibility index (Phi) is 7.40. The maximum atomic E-state index is 12.8. The smallest absolute Gasteiger partial charge is 0.416 e. The summed E-state index contributed by atoms with van der Waals surface area (Å²) in [5, 5.41) is 2.92. The van der Waals surface area contributed by atoms with Crippen molar-refractivity contribution in [3.8, 4) is 5.75 Å². The SMILES string of the molecule is Cc1cccc(NC(=O)CN2CCN(C(=O)COc3cccc(C(F)(F)F)c3)CC2)c1C. The molecule has 2 aromatic carbocycles. The fraction of sp³-hybridized carbons (Fsp3) is 0.391. The number of piperazine rings is 1. The first-order chi connectivity index (χ1) is 15.1. The Morgan fingerprint density at radius 3 is 2.41 bits per heavy atom. The summed E-state index contributed by atoms with van der Waals surface area (Å²) in [5.74, 6) is -0.428. The number of benzene rings is 2.